The van der Waals surface area contributed by atoms with E-state index in [0.717, 1.165) is 6.92 Å². The first-order valence-electron chi connectivity index (χ1n) is 15.1. The molecular formula is C34H35Cl2N3O9S. The SMILES string of the molecule is CC(=O)[C@@H](NC(=O)C1(Cc2ccccc2)C=C([C@@H](NS(=O)(=O)Cc2ccccc2)C(C)C)NO1)C(OC(=O)c1c(Cl)cccc1Cl)C(=O)O. The molecule has 49 heavy (non-hydrogen) atoms. The minimum Gasteiger partial charge on any atom is -0.478 e. The fraction of sp³-hybridized carbons (Fsp3) is 0.294. The van der Waals surface area contributed by atoms with Crippen molar-refractivity contribution < 1.29 is 42.3 Å². The number of halogens is 2. The zero-order chi connectivity index (χ0) is 35.9. The van der Waals surface area contributed by atoms with E-state index in [9.17, 15) is 32.7 Å². The van der Waals surface area contributed by atoms with Crippen molar-refractivity contribution in [3.63, 3.8) is 0 Å². The van der Waals surface area contributed by atoms with E-state index in [0.29, 0.717) is 11.1 Å². The third-order valence-corrected chi connectivity index (χ3v) is 9.57. The number of carboxylic acid groups (broad SMARTS) is 1. The van der Waals surface area contributed by atoms with Gasteiger partial charge >= 0.3 is 11.9 Å². The lowest BCUT2D eigenvalue weighted by molar-refractivity contribution is -0.155. The summed E-state index contributed by atoms with van der Waals surface area (Å²) in [7, 11) is -3.89. The highest BCUT2D eigenvalue weighted by Crippen LogP contribution is 2.30. The summed E-state index contributed by atoms with van der Waals surface area (Å²) in [4.78, 5) is 58.3. The van der Waals surface area contributed by atoms with Crippen LogP contribution in [-0.4, -0.2) is 60.9 Å². The van der Waals surface area contributed by atoms with Gasteiger partial charge in [0, 0.05) is 6.42 Å². The molecule has 4 atom stereocenters. The molecule has 15 heteroatoms. The average molecular weight is 733 g/mol. The minimum atomic E-state index is -3.89. The van der Waals surface area contributed by atoms with Gasteiger partial charge in [0.1, 0.15) is 6.04 Å². The van der Waals surface area contributed by atoms with Gasteiger partial charge in [-0.1, -0.05) is 104 Å². The fourth-order valence-electron chi connectivity index (χ4n) is 5.16. The minimum absolute atomic E-state index is 0.116. The summed E-state index contributed by atoms with van der Waals surface area (Å²) in [5, 5.41) is 12.2. The number of carboxylic acids is 1. The van der Waals surface area contributed by atoms with Crippen LogP contribution in [0.3, 0.4) is 0 Å². The number of hydrogen-bond acceptors (Lipinski definition) is 9. The Kier molecular flexibility index (Phi) is 12.2. The Morgan fingerprint density at radius 1 is 0.918 bits per heavy atom. The van der Waals surface area contributed by atoms with Crippen molar-refractivity contribution in [2.75, 3.05) is 0 Å². The monoisotopic (exact) mass is 731 g/mol. The molecule has 1 aliphatic rings. The van der Waals surface area contributed by atoms with E-state index in [1.165, 1.54) is 24.3 Å². The number of hydroxylamine groups is 1. The molecule has 0 radical (unpaired) electrons. The highest BCUT2D eigenvalue weighted by molar-refractivity contribution is 7.88. The number of amides is 1. The number of benzene rings is 3. The van der Waals surface area contributed by atoms with Gasteiger partial charge in [-0.2, -0.15) is 0 Å². The molecule has 0 aliphatic carbocycles. The van der Waals surface area contributed by atoms with Crippen LogP contribution < -0.4 is 15.5 Å². The van der Waals surface area contributed by atoms with Crippen LogP contribution in [0.5, 0.6) is 0 Å². The van der Waals surface area contributed by atoms with Gasteiger partial charge in [0.15, 0.2) is 11.4 Å². The molecular weight excluding hydrogens is 697 g/mol. The molecule has 4 N–H and O–H groups in total. The number of Topliss-reactive ketones (excluding diaryl/α,β-unsaturated/α-hetero) is 1. The Bertz CT molecular complexity index is 1820. The topological polar surface area (TPSA) is 177 Å². The molecule has 0 aromatic heterocycles. The summed E-state index contributed by atoms with van der Waals surface area (Å²) in [6.07, 6.45) is -0.913. The highest BCUT2D eigenvalue weighted by Gasteiger charge is 2.48. The van der Waals surface area contributed by atoms with Crippen molar-refractivity contribution in [3.8, 4) is 0 Å². The summed E-state index contributed by atoms with van der Waals surface area (Å²) >= 11 is 12.2. The number of nitrogens with one attached hydrogen (secondary N) is 3. The lowest BCUT2D eigenvalue weighted by Crippen LogP contribution is -2.58. The zero-order valence-electron chi connectivity index (χ0n) is 26.7. The largest absolute Gasteiger partial charge is 0.478 e. The second kappa shape index (κ2) is 16.0. The van der Waals surface area contributed by atoms with E-state index in [1.807, 2.05) is 0 Å². The number of carbonyl (C=O) groups excluding carboxylic acids is 3. The lowest BCUT2D eigenvalue weighted by Gasteiger charge is -2.29. The summed E-state index contributed by atoms with van der Waals surface area (Å²) in [6.45, 7) is 4.57. The molecule has 3 aromatic carbocycles. The highest BCUT2D eigenvalue weighted by atomic mass is 35.5. The van der Waals surface area contributed by atoms with Crippen molar-refractivity contribution in [1.82, 2.24) is 15.5 Å². The van der Waals surface area contributed by atoms with E-state index in [2.05, 4.69) is 15.5 Å². The molecule has 1 amide bonds. The van der Waals surface area contributed by atoms with E-state index < -0.39 is 57.4 Å². The molecule has 1 aliphatic heterocycles. The van der Waals surface area contributed by atoms with Crippen LogP contribution in [0.25, 0.3) is 0 Å². The number of ketones is 1. The van der Waals surface area contributed by atoms with E-state index in [4.69, 9.17) is 32.8 Å². The van der Waals surface area contributed by atoms with Gasteiger partial charge in [-0.05, 0) is 42.2 Å². The molecule has 4 rings (SSSR count). The van der Waals surface area contributed by atoms with Crippen molar-refractivity contribution in [2.45, 2.75) is 56.7 Å². The molecule has 0 saturated heterocycles. The Labute approximate surface area is 293 Å². The Balaban J connectivity index is 1.67. The van der Waals surface area contributed by atoms with E-state index in [1.54, 1.807) is 74.5 Å². The maximum absolute atomic E-state index is 14.2. The predicted octanol–water partition coefficient (Wildman–Crippen LogP) is 4.22. The maximum Gasteiger partial charge on any atom is 0.347 e. The number of carbonyl (C=O) groups is 4. The van der Waals surface area contributed by atoms with Crippen molar-refractivity contribution in [3.05, 3.63) is 117 Å². The Hall–Kier alpha value is -4.27. The Morgan fingerprint density at radius 3 is 2.02 bits per heavy atom. The number of aliphatic carboxylic acids is 1. The number of rotatable bonds is 15. The van der Waals surface area contributed by atoms with Crippen LogP contribution in [0.2, 0.25) is 10.0 Å². The van der Waals surface area contributed by atoms with Crippen molar-refractivity contribution >= 4 is 56.9 Å². The summed E-state index contributed by atoms with van der Waals surface area (Å²) in [5.41, 5.74) is 1.86. The predicted molar refractivity (Wildman–Crippen MR) is 182 cm³/mol. The van der Waals surface area contributed by atoms with Gasteiger partial charge in [0.2, 0.25) is 16.1 Å². The van der Waals surface area contributed by atoms with Crippen molar-refractivity contribution in [1.29, 1.82) is 0 Å². The second-order valence-corrected chi connectivity index (χ2v) is 14.3. The van der Waals surface area contributed by atoms with Crippen LogP contribution in [0.1, 0.15) is 42.3 Å². The Morgan fingerprint density at radius 2 is 1.49 bits per heavy atom. The molecule has 2 unspecified atom stereocenters. The van der Waals surface area contributed by atoms with Crippen molar-refractivity contribution in [2.24, 2.45) is 5.92 Å². The molecule has 0 spiro atoms. The summed E-state index contributed by atoms with van der Waals surface area (Å²) < 4.78 is 34.3. The molecule has 3 aromatic rings. The lowest BCUT2D eigenvalue weighted by atomic mass is 9.90. The molecule has 1 heterocycles. The standard InChI is InChI=1S/C34H35Cl2N3O9S/c1-20(2)28(39-49(45,46)19-23-13-8-5-9-14-23)26-18-34(48-38-26,17-22-11-6-4-7-12-22)33(44)37-29(21(3)40)30(31(41)42)47-32(43)27-24(35)15-10-16-25(27)36/h4-16,18,20,28-30,38-39H,17,19H2,1-3H3,(H,37,44)(H,41,42)/t28-,29+,30?,34?/m0/s1. The van der Waals surface area contributed by atoms with E-state index >= 15 is 0 Å². The smallest absolute Gasteiger partial charge is 0.347 e. The summed E-state index contributed by atoms with van der Waals surface area (Å²) in [6, 6.07) is 18.7. The zero-order valence-corrected chi connectivity index (χ0v) is 29.0. The van der Waals surface area contributed by atoms with Gasteiger partial charge in [-0.25, -0.2) is 22.7 Å². The first-order valence-corrected chi connectivity index (χ1v) is 17.5. The van der Waals surface area contributed by atoms with Crippen LogP contribution in [0.4, 0.5) is 0 Å². The third kappa shape index (κ3) is 9.46. The fourth-order valence-corrected chi connectivity index (χ4v) is 7.21. The third-order valence-electron chi connectivity index (χ3n) is 7.61. The van der Waals surface area contributed by atoms with Crippen LogP contribution >= 0.6 is 23.2 Å². The maximum atomic E-state index is 14.2. The van der Waals surface area contributed by atoms with Crippen LogP contribution in [-0.2, 0) is 46.2 Å². The van der Waals surface area contributed by atoms with Gasteiger partial charge in [0.05, 0.1) is 33.1 Å². The van der Waals surface area contributed by atoms with Crippen LogP contribution in [0.15, 0.2) is 90.6 Å². The number of hydrogen-bond donors (Lipinski definition) is 4. The first-order chi connectivity index (χ1) is 23.1. The molecule has 12 nitrogen and oxygen atoms in total. The van der Waals surface area contributed by atoms with Gasteiger partial charge in [0.25, 0.3) is 5.91 Å². The summed E-state index contributed by atoms with van der Waals surface area (Å²) in [5.74, 6) is -5.41. The molecule has 0 saturated carbocycles. The van der Waals surface area contributed by atoms with Crippen LogP contribution in [0, 0.1) is 5.92 Å². The number of esters is 1. The normalized spacial score (nSPS) is 17.7. The second-order valence-electron chi connectivity index (χ2n) is 11.8. The molecule has 260 valence electrons. The molecule has 0 fully saturated rings. The van der Waals surface area contributed by atoms with Gasteiger partial charge in [-0.3, -0.25) is 19.9 Å². The first kappa shape index (κ1) is 37.5. The van der Waals surface area contributed by atoms with E-state index in [-0.39, 0.29) is 39.4 Å². The molecule has 0 bridgehead atoms. The number of ether oxygens (including phenoxy) is 1. The van der Waals surface area contributed by atoms with Gasteiger partial charge < -0.3 is 15.2 Å². The number of sulfonamides is 1. The van der Waals surface area contributed by atoms with Gasteiger partial charge in [-0.15, -0.1) is 0 Å². The average Bonchev–Trinajstić information content (AvgIpc) is 3.46. The quantitative estimate of drug-likeness (QED) is 0.166.